The Morgan fingerprint density at radius 1 is 0.857 bits per heavy atom. The zero-order chi connectivity index (χ0) is 19.9. The molecule has 0 aliphatic heterocycles. The Hall–Kier alpha value is -3.86. The average Bonchev–Trinajstić information content (AvgIpc) is 2.70. The van der Waals surface area contributed by atoms with E-state index in [9.17, 15) is 9.59 Å². The fourth-order valence-corrected chi connectivity index (χ4v) is 2.54. The highest BCUT2D eigenvalue weighted by Crippen LogP contribution is 2.17. The van der Waals surface area contributed by atoms with E-state index in [0.717, 1.165) is 11.1 Å². The van der Waals surface area contributed by atoms with E-state index >= 15 is 0 Å². The van der Waals surface area contributed by atoms with Crippen molar-refractivity contribution < 1.29 is 9.59 Å². The number of amides is 2. The minimum absolute atomic E-state index is 0.164. The zero-order valence-electron chi connectivity index (χ0n) is 15.5. The van der Waals surface area contributed by atoms with Crippen LogP contribution in [0.25, 0.3) is 6.08 Å². The van der Waals surface area contributed by atoms with Crippen molar-refractivity contribution in [1.82, 2.24) is 0 Å². The van der Waals surface area contributed by atoms with E-state index in [1.807, 2.05) is 31.2 Å². The summed E-state index contributed by atoms with van der Waals surface area (Å²) in [6.45, 7) is 1.98. The van der Waals surface area contributed by atoms with Gasteiger partial charge in [-0.15, -0.1) is 0 Å². The molecule has 0 saturated heterocycles. The fourth-order valence-electron chi connectivity index (χ4n) is 2.54. The molecule has 4 N–H and O–H groups in total. The molecule has 0 saturated carbocycles. The van der Waals surface area contributed by atoms with E-state index in [4.69, 9.17) is 5.73 Å². The van der Waals surface area contributed by atoms with Gasteiger partial charge in [0.1, 0.15) is 0 Å². The third kappa shape index (κ3) is 5.08. The van der Waals surface area contributed by atoms with Crippen LogP contribution in [0.2, 0.25) is 0 Å². The molecular weight excluding hydrogens is 350 g/mol. The van der Waals surface area contributed by atoms with Crippen LogP contribution in [0.15, 0.2) is 78.9 Å². The zero-order valence-corrected chi connectivity index (χ0v) is 15.5. The molecule has 0 aromatic heterocycles. The number of aryl methyl sites for hydroxylation is 1. The molecule has 0 heterocycles. The number of nitrogen functional groups attached to an aromatic ring is 1. The van der Waals surface area contributed by atoms with E-state index in [1.165, 1.54) is 6.08 Å². The molecule has 0 radical (unpaired) electrons. The number of para-hydroxylation sites is 2. The summed E-state index contributed by atoms with van der Waals surface area (Å²) in [5.74, 6) is -0.433. The summed E-state index contributed by atoms with van der Waals surface area (Å²) in [5, 5.41) is 5.58. The van der Waals surface area contributed by atoms with Gasteiger partial charge in [-0.3, -0.25) is 9.59 Å². The SMILES string of the molecule is Cc1ccc(C(=O)Nc2ccc(/C=C/C(=O)Nc3ccccc3N)cc2)cc1. The van der Waals surface area contributed by atoms with Crippen LogP contribution in [-0.4, -0.2) is 11.8 Å². The maximum Gasteiger partial charge on any atom is 0.255 e. The largest absolute Gasteiger partial charge is 0.397 e. The first-order chi connectivity index (χ1) is 13.5. The number of rotatable bonds is 5. The fraction of sp³-hybridized carbons (Fsp3) is 0.0435. The second kappa shape index (κ2) is 8.68. The molecule has 3 aromatic carbocycles. The number of nitrogens with two attached hydrogens (primary N) is 1. The molecule has 0 aliphatic rings. The highest BCUT2D eigenvalue weighted by molar-refractivity contribution is 6.05. The van der Waals surface area contributed by atoms with Gasteiger partial charge in [0.15, 0.2) is 0 Å². The monoisotopic (exact) mass is 371 g/mol. The highest BCUT2D eigenvalue weighted by Gasteiger charge is 2.05. The second-order valence-electron chi connectivity index (χ2n) is 6.35. The number of nitrogens with one attached hydrogen (secondary N) is 2. The molecule has 0 fully saturated rings. The lowest BCUT2D eigenvalue weighted by Gasteiger charge is -2.06. The summed E-state index contributed by atoms with van der Waals surface area (Å²) in [6.07, 6.45) is 3.13. The van der Waals surface area contributed by atoms with Crippen LogP contribution in [0.5, 0.6) is 0 Å². The molecule has 5 nitrogen and oxygen atoms in total. The Morgan fingerprint density at radius 2 is 1.54 bits per heavy atom. The lowest BCUT2D eigenvalue weighted by Crippen LogP contribution is -2.11. The molecule has 0 unspecified atom stereocenters. The maximum atomic E-state index is 12.2. The first kappa shape index (κ1) is 18.9. The summed E-state index contributed by atoms with van der Waals surface area (Å²) in [5.41, 5.74) is 10.1. The Morgan fingerprint density at radius 3 is 2.21 bits per heavy atom. The van der Waals surface area contributed by atoms with Gasteiger partial charge in [0.05, 0.1) is 11.4 Å². The molecule has 2 amide bonds. The van der Waals surface area contributed by atoms with Gasteiger partial charge in [0, 0.05) is 17.3 Å². The molecule has 0 spiro atoms. The lowest BCUT2D eigenvalue weighted by atomic mass is 10.1. The molecule has 0 atom stereocenters. The molecular formula is C23H21N3O2. The molecule has 0 bridgehead atoms. The molecule has 140 valence electrons. The van der Waals surface area contributed by atoms with Crippen molar-refractivity contribution >= 4 is 35.0 Å². The van der Waals surface area contributed by atoms with Crippen LogP contribution in [0, 0.1) is 6.92 Å². The third-order valence-electron chi connectivity index (χ3n) is 4.13. The van der Waals surface area contributed by atoms with Gasteiger partial charge in [-0.2, -0.15) is 0 Å². The summed E-state index contributed by atoms with van der Waals surface area (Å²) in [6, 6.07) is 21.7. The second-order valence-corrected chi connectivity index (χ2v) is 6.35. The summed E-state index contributed by atoms with van der Waals surface area (Å²) in [7, 11) is 0. The van der Waals surface area contributed by atoms with Crippen molar-refractivity contribution in [2.75, 3.05) is 16.4 Å². The Kier molecular flexibility index (Phi) is 5.87. The van der Waals surface area contributed by atoms with Crippen molar-refractivity contribution in [3.8, 4) is 0 Å². The van der Waals surface area contributed by atoms with Crippen LogP contribution < -0.4 is 16.4 Å². The summed E-state index contributed by atoms with van der Waals surface area (Å²) in [4.78, 5) is 24.3. The Labute approximate surface area is 163 Å². The molecule has 3 rings (SSSR count). The molecule has 3 aromatic rings. The normalized spacial score (nSPS) is 10.6. The van der Waals surface area contributed by atoms with Crippen LogP contribution in [0.1, 0.15) is 21.5 Å². The minimum atomic E-state index is -0.269. The number of carbonyl (C=O) groups is 2. The van der Waals surface area contributed by atoms with E-state index < -0.39 is 0 Å². The quantitative estimate of drug-likeness (QED) is 0.457. The van der Waals surface area contributed by atoms with Crippen LogP contribution in [0.4, 0.5) is 17.1 Å². The van der Waals surface area contributed by atoms with Gasteiger partial charge in [-0.05, 0) is 55.0 Å². The van der Waals surface area contributed by atoms with Crippen molar-refractivity contribution in [1.29, 1.82) is 0 Å². The van der Waals surface area contributed by atoms with Crippen LogP contribution in [0.3, 0.4) is 0 Å². The van der Waals surface area contributed by atoms with E-state index in [2.05, 4.69) is 10.6 Å². The predicted octanol–water partition coefficient (Wildman–Crippen LogP) is 4.48. The maximum absolute atomic E-state index is 12.2. The van der Waals surface area contributed by atoms with Gasteiger partial charge >= 0.3 is 0 Å². The number of carbonyl (C=O) groups excluding carboxylic acids is 2. The number of hydrogen-bond acceptors (Lipinski definition) is 3. The standard InChI is InChI=1S/C23H21N3O2/c1-16-6-11-18(12-7-16)23(28)25-19-13-8-17(9-14-19)10-15-22(27)26-21-5-3-2-4-20(21)24/h2-15H,24H2,1H3,(H,25,28)(H,26,27)/b15-10+. The molecule has 0 aliphatic carbocycles. The molecule has 5 heteroatoms. The van der Waals surface area contributed by atoms with Crippen molar-refractivity contribution in [3.05, 3.63) is 95.6 Å². The van der Waals surface area contributed by atoms with Gasteiger partial charge in [0.25, 0.3) is 5.91 Å². The van der Waals surface area contributed by atoms with Crippen molar-refractivity contribution in [3.63, 3.8) is 0 Å². The Bertz CT molecular complexity index is 1010. The van der Waals surface area contributed by atoms with E-state index in [0.29, 0.717) is 22.6 Å². The highest BCUT2D eigenvalue weighted by atomic mass is 16.2. The topological polar surface area (TPSA) is 84.2 Å². The van der Waals surface area contributed by atoms with Gasteiger partial charge < -0.3 is 16.4 Å². The third-order valence-corrected chi connectivity index (χ3v) is 4.13. The van der Waals surface area contributed by atoms with Crippen molar-refractivity contribution in [2.24, 2.45) is 0 Å². The predicted molar refractivity (Wildman–Crippen MR) is 114 cm³/mol. The van der Waals surface area contributed by atoms with Crippen LogP contribution in [-0.2, 0) is 4.79 Å². The first-order valence-electron chi connectivity index (χ1n) is 8.83. The Balaban J connectivity index is 1.58. The van der Waals surface area contributed by atoms with Gasteiger partial charge in [-0.1, -0.05) is 42.0 Å². The minimum Gasteiger partial charge on any atom is -0.397 e. The van der Waals surface area contributed by atoms with Crippen LogP contribution >= 0.6 is 0 Å². The number of benzene rings is 3. The average molecular weight is 371 g/mol. The van der Waals surface area contributed by atoms with Crippen molar-refractivity contribution in [2.45, 2.75) is 6.92 Å². The van der Waals surface area contributed by atoms with E-state index in [-0.39, 0.29) is 11.8 Å². The van der Waals surface area contributed by atoms with Gasteiger partial charge in [-0.25, -0.2) is 0 Å². The number of hydrogen-bond donors (Lipinski definition) is 3. The smallest absolute Gasteiger partial charge is 0.255 e. The number of anilines is 3. The summed E-state index contributed by atoms with van der Waals surface area (Å²) < 4.78 is 0. The van der Waals surface area contributed by atoms with Gasteiger partial charge in [0.2, 0.25) is 5.91 Å². The van der Waals surface area contributed by atoms with E-state index in [1.54, 1.807) is 54.6 Å². The first-order valence-corrected chi connectivity index (χ1v) is 8.83. The molecule has 28 heavy (non-hydrogen) atoms. The lowest BCUT2D eigenvalue weighted by molar-refractivity contribution is -0.111. The summed E-state index contributed by atoms with van der Waals surface area (Å²) >= 11 is 0.